The molecule has 2 heterocycles. The highest BCUT2D eigenvalue weighted by atomic mass is 32.2. The molecule has 0 saturated carbocycles. The van der Waals surface area contributed by atoms with E-state index in [2.05, 4.69) is 32.3 Å². The maximum Gasteiger partial charge on any atom is 0.321 e. The van der Waals surface area contributed by atoms with Crippen molar-refractivity contribution in [1.29, 1.82) is 0 Å². The molecule has 0 spiro atoms. The second-order valence-corrected chi connectivity index (χ2v) is 6.46. The van der Waals surface area contributed by atoms with Crippen LogP contribution in [0, 0.1) is 0 Å². The number of aryl methyl sites for hydroxylation is 2. The molecule has 0 bridgehead atoms. The smallest absolute Gasteiger partial charge is 0.321 e. The second-order valence-electron chi connectivity index (χ2n) is 4.36. The van der Waals surface area contributed by atoms with Crippen molar-refractivity contribution in [2.45, 2.75) is 24.5 Å². The predicted octanol–water partition coefficient (Wildman–Crippen LogP) is 1.52. The van der Waals surface area contributed by atoms with Gasteiger partial charge in [0.25, 0.3) is 0 Å². The van der Waals surface area contributed by atoms with E-state index in [1.54, 1.807) is 17.7 Å². The van der Waals surface area contributed by atoms with Gasteiger partial charge in [0.15, 0.2) is 5.16 Å². The molecule has 118 valence electrons. The Kier molecular flexibility index (Phi) is 6.41. The molecule has 22 heavy (non-hydrogen) atoms. The van der Waals surface area contributed by atoms with Gasteiger partial charge in [-0.05, 0) is 17.9 Å². The first kappa shape index (κ1) is 16.5. The Bertz CT molecular complexity index is 612. The number of thioether (sulfide) groups is 1. The van der Waals surface area contributed by atoms with Crippen LogP contribution >= 0.6 is 23.1 Å². The minimum absolute atomic E-state index is 0.246. The van der Waals surface area contributed by atoms with Gasteiger partial charge in [0.05, 0.1) is 0 Å². The quantitative estimate of drug-likeness (QED) is 0.747. The molecule has 0 aliphatic heterocycles. The molecule has 0 unspecified atom stereocenters. The predicted molar refractivity (Wildman–Crippen MR) is 86.0 cm³/mol. The van der Waals surface area contributed by atoms with Gasteiger partial charge < -0.3 is 9.88 Å². The van der Waals surface area contributed by atoms with E-state index >= 15 is 0 Å². The number of thiophene rings is 1. The molecular formula is C13H17N5O2S2. The number of imide groups is 1. The number of carbonyl (C=O) groups is 2. The van der Waals surface area contributed by atoms with Gasteiger partial charge >= 0.3 is 6.03 Å². The molecule has 0 saturated heterocycles. The highest BCUT2D eigenvalue weighted by Gasteiger charge is 2.09. The van der Waals surface area contributed by atoms with Crippen LogP contribution in [-0.4, -0.2) is 39.5 Å². The average Bonchev–Trinajstić information content (AvgIpc) is 3.16. The summed E-state index contributed by atoms with van der Waals surface area (Å²) in [7, 11) is 1.47. The Morgan fingerprint density at radius 1 is 1.45 bits per heavy atom. The van der Waals surface area contributed by atoms with E-state index < -0.39 is 6.03 Å². The Hall–Kier alpha value is -1.87. The normalized spacial score (nSPS) is 10.4. The van der Waals surface area contributed by atoms with Gasteiger partial charge in [-0.25, -0.2) is 4.79 Å². The topological polar surface area (TPSA) is 88.9 Å². The van der Waals surface area contributed by atoms with Gasteiger partial charge in [-0.15, -0.1) is 21.5 Å². The molecule has 2 rings (SSSR count). The van der Waals surface area contributed by atoms with Gasteiger partial charge in [-0.2, -0.15) is 0 Å². The average molecular weight is 339 g/mol. The summed E-state index contributed by atoms with van der Waals surface area (Å²) in [6.45, 7) is 0.806. The molecule has 2 N–H and O–H groups in total. The summed E-state index contributed by atoms with van der Waals surface area (Å²) < 4.78 is 1.97. The lowest BCUT2D eigenvalue weighted by atomic mass is 10.3. The van der Waals surface area contributed by atoms with E-state index in [1.807, 2.05) is 10.6 Å². The molecule has 3 amide bonds. The zero-order valence-electron chi connectivity index (χ0n) is 12.1. The minimum Gasteiger partial charge on any atom is -0.341 e. The van der Waals surface area contributed by atoms with Gasteiger partial charge in [-0.1, -0.05) is 17.8 Å². The summed E-state index contributed by atoms with van der Waals surface area (Å²) in [4.78, 5) is 23.8. The number of nitrogens with zero attached hydrogens (tertiary/aromatic N) is 3. The van der Waals surface area contributed by atoms with Crippen molar-refractivity contribution in [2.75, 3.05) is 12.8 Å². The summed E-state index contributed by atoms with van der Waals surface area (Å²) in [6.07, 6.45) is 2.87. The number of rotatable bonds is 7. The monoisotopic (exact) mass is 339 g/mol. The summed E-state index contributed by atoms with van der Waals surface area (Å²) >= 11 is 3.18. The maximum atomic E-state index is 11.5. The molecule has 0 fully saturated rings. The van der Waals surface area contributed by atoms with Crippen molar-refractivity contribution >= 4 is 35.0 Å². The van der Waals surface area contributed by atoms with Gasteiger partial charge in [0, 0.05) is 30.6 Å². The van der Waals surface area contributed by atoms with Crippen LogP contribution in [0.1, 0.15) is 11.3 Å². The van der Waals surface area contributed by atoms with Crippen LogP contribution in [0.3, 0.4) is 0 Å². The fourth-order valence-corrected chi connectivity index (χ4v) is 3.26. The second kappa shape index (κ2) is 8.54. The molecule has 7 nitrogen and oxygen atoms in total. The summed E-state index contributed by atoms with van der Waals surface area (Å²) in [5, 5.41) is 15.4. The van der Waals surface area contributed by atoms with E-state index in [-0.39, 0.29) is 12.3 Å². The fraction of sp³-hybridized carbons (Fsp3) is 0.385. The van der Waals surface area contributed by atoms with Crippen LogP contribution in [-0.2, 0) is 17.8 Å². The molecule has 2 aromatic rings. The summed E-state index contributed by atoms with van der Waals surface area (Å²) in [5.41, 5.74) is 0. The van der Waals surface area contributed by atoms with Crippen LogP contribution in [0.5, 0.6) is 0 Å². The Morgan fingerprint density at radius 3 is 3.05 bits per heavy atom. The van der Waals surface area contributed by atoms with Crippen LogP contribution in [0.4, 0.5) is 4.79 Å². The Morgan fingerprint density at radius 2 is 2.32 bits per heavy atom. The van der Waals surface area contributed by atoms with E-state index in [0.717, 1.165) is 18.1 Å². The zero-order valence-corrected chi connectivity index (χ0v) is 13.7. The molecule has 0 aromatic carbocycles. The number of nitrogens with one attached hydrogen (secondary N) is 2. The van der Waals surface area contributed by atoms with Crippen molar-refractivity contribution in [1.82, 2.24) is 25.4 Å². The van der Waals surface area contributed by atoms with Crippen LogP contribution in [0.25, 0.3) is 0 Å². The minimum atomic E-state index is -0.492. The van der Waals surface area contributed by atoms with Crippen molar-refractivity contribution in [3.63, 3.8) is 0 Å². The molecule has 0 aliphatic rings. The lowest BCUT2D eigenvalue weighted by Crippen LogP contribution is -2.37. The molecule has 0 radical (unpaired) electrons. The first-order valence-corrected chi connectivity index (χ1v) is 8.60. The number of hydrogen-bond donors (Lipinski definition) is 2. The van der Waals surface area contributed by atoms with Gasteiger partial charge in [0.1, 0.15) is 6.33 Å². The van der Waals surface area contributed by atoms with E-state index in [4.69, 9.17) is 0 Å². The van der Waals surface area contributed by atoms with Crippen LogP contribution in [0.15, 0.2) is 29.0 Å². The zero-order chi connectivity index (χ0) is 15.8. The largest absolute Gasteiger partial charge is 0.341 e. The van der Waals surface area contributed by atoms with E-state index in [1.165, 1.54) is 23.7 Å². The third-order valence-electron chi connectivity index (χ3n) is 2.80. The highest BCUT2D eigenvalue weighted by Crippen LogP contribution is 2.17. The number of hydrogen-bond acceptors (Lipinski definition) is 6. The number of aromatic nitrogens is 3. The molecule has 9 heteroatoms. The van der Waals surface area contributed by atoms with Crippen molar-refractivity contribution in [3.05, 3.63) is 28.7 Å². The Balaban J connectivity index is 1.75. The Labute approximate surface area is 136 Å². The molecule has 2 aromatic heterocycles. The third kappa shape index (κ3) is 5.15. The first-order chi connectivity index (χ1) is 10.7. The van der Waals surface area contributed by atoms with Crippen LogP contribution in [0.2, 0.25) is 0 Å². The van der Waals surface area contributed by atoms with Gasteiger partial charge in [0.2, 0.25) is 5.91 Å². The van der Waals surface area contributed by atoms with Crippen molar-refractivity contribution in [3.8, 4) is 0 Å². The maximum absolute atomic E-state index is 11.5. The fourth-order valence-electron chi connectivity index (χ4n) is 1.68. The lowest BCUT2D eigenvalue weighted by Gasteiger charge is -2.05. The standard InChI is InChI=1S/C13H17N5O2S2/c1-14-12(20)16-11(19)5-8-22-13-17-15-9-18(13)6-4-10-3-2-7-21-10/h2-3,7,9H,4-6,8H2,1H3,(H2,14,16,19,20). The van der Waals surface area contributed by atoms with Crippen molar-refractivity contribution in [2.24, 2.45) is 0 Å². The summed E-state index contributed by atoms with van der Waals surface area (Å²) in [5.74, 6) is 0.233. The van der Waals surface area contributed by atoms with Crippen molar-refractivity contribution < 1.29 is 9.59 Å². The van der Waals surface area contributed by atoms with Gasteiger partial charge in [-0.3, -0.25) is 10.1 Å². The van der Waals surface area contributed by atoms with E-state index in [0.29, 0.717) is 5.75 Å². The number of amides is 3. The number of urea groups is 1. The SMILES string of the molecule is CNC(=O)NC(=O)CCSc1nncn1CCc1cccs1. The first-order valence-electron chi connectivity index (χ1n) is 6.73. The molecule has 0 aliphatic carbocycles. The lowest BCUT2D eigenvalue weighted by molar-refractivity contribution is -0.119. The summed E-state index contributed by atoms with van der Waals surface area (Å²) in [6, 6.07) is 3.65. The van der Waals surface area contributed by atoms with Crippen LogP contribution < -0.4 is 10.6 Å². The number of carbonyl (C=O) groups excluding carboxylic acids is 2. The third-order valence-corrected chi connectivity index (χ3v) is 4.72. The highest BCUT2D eigenvalue weighted by molar-refractivity contribution is 7.99. The molecule has 0 atom stereocenters. The van der Waals surface area contributed by atoms with E-state index in [9.17, 15) is 9.59 Å². The molecular weight excluding hydrogens is 322 g/mol.